The van der Waals surface area contributed by atoms with Crippen LogP contribution in [-0.2, 0) is 17.9 Å². The molecule has 0 spiro atoms. The van der Waals surface area contributed by atoms with Gasteiger partial charge in [-0.15, -0.1) is 0 Å². The number of hydrogen-bond acceptors (Lipinski definition) is 4. The Bertz CT molecular complexity index is 389. The van der Waals surface area contributed by atoms with E-state index in [0.29, 0.717) is 25.2 Å². The van der Waals surface area contributed by atoms with Gasteiger partial charge in [-0.2, -0.15) is 0 Å². The zero-order valence-corrected chi connectivity index (χ0v) is 11.6. The van der Waals surface area contributed by atoms with Crippen LogP contribution in [0.5, 0.6) is 0 Å². The summed E-state index contributed by atoms with van der Waals surface area (Å²) >= 11 is 0. The minimum atomic E-state index is 0.421. The monoisotopic (exact) mass is 249 g/mol. The molecule has 1 aromatic heterocycles. The lowest BCUT2D eigenvalue weighted by Gasteiger charge is -2.13. The van der Waals surface area contributed by atoms with Crippen molar-refractivity contribution in [3.05, 3.63) is 23.3 Å². The second-order valence-electron chi connectivity index (χ2n) is 5.14. The summed E-state index contributed by atoms with van der Waals surface area (Å²) in [4.78, 5) is 9.01. The fourth-order valence-corrected chi connectivity index (χ4v) is 1.90. The Kier molecular flexibility index (Phi) is 4.66. The van der Waals surface area contributed by atoms with Crippen LogP contribution in [0.15, 0.2) is 6.20 Å². The highest BCUT2D eigenvalue weighted by molar-refractivity contribution is 5.21. The van der Waals surface area contributed by atoms with Gasteiger partial charge >= 0.3 is 0 Å². The van der Waals surface area contributed by atoms with Crippen molar-refractivity contribution in [1.29, 1.82) is 0 Å². The van der Waals surface area contributed by atoms with Gasteiger partial charge in [0.15, 0.2) is 5.82 Å². The van der Waals surface area contributed by atoms with E-state index in [1.165, 1.54) is 18.4 Å². The zero-order chi connectivity index (χ0) is 13.0. The maximum absolute atomic E-state index is 5.36. The molecule has 1 N–H and O–H groups in total. The first-order chi connectivity index (χ1) is 8.70. The highest BCUT2D eigenvalue weighted by Crippen LogP contribution is 2.21. The Morgan fingerprint density at radius 3 is 2.83 bits per heavy atom. The van der Waals surface area contributed by atoms with Crippen molar-refractivity contribution in [2.75, 3.05) is 6.61 Å². The van der Waals surface area contributed by atoms with Crippen molar-refractivity contribution in [1.82, 2.24) is 15.3 Å². The van der Waals surface area contributed by atoms with E-state index < -0.39 is 0 Å². The number of aromatic nitrogens is 2. The molecule has 0 atom stereocenters. The Balaban J connectivity index is 2.06. The minimum absolute atomic E-state index is 0.421. The lowest BCUT2D eigenvalue weighted by Crippen LogP contribution is -2.18. The molecule has 1 aliphatic rings. The summed E-state index contributed by atoms with van der Waals surface area (Å²) in [6.45, 7) is 8.42. The molecular formula is C14H23N3O. The zero-order valence-electron chi connectivity index (χ0n) is 11.6. The maximum Gasteiger partial charge on any atom is 0.154 e. The number of ether oxygens (including phenoxy) is 1. The first-order valence-electron chi connectivity index (χ1n) is 6.86. The third-order valence-electron chi connectivity index (χ3n) is 3.09. The van der Waals surface area contributed by atoms with Gasteiger partial charge in [0.1, 0.15) is 6.61 Å². The summed E-state index contributed by atoms with van der Waals surface area (Å²) in [6.07, 6.45) is 4.56. The van der Waals surface area contributed by atoms with Gasteiger partial charge in [0.25, 0.3) is 0 Å². The molecular weight excluding hydrogens is 226 g/mol. The van der Waals surface area contributed by atoms with Gasteiger partial charge in [-0.25, -0.2) is 9.97 Å². The summed E-state index contributed by atoms with van der Waals surface area (Å²) in [5, 5.41) is 3.52. The van der Waals surface area contributed by atoms with Crippen LogP contribution in [0.4, 0.5) is 0 Å². The van der Waals surface area contributed by atoms with Crippen molar-refractivity contribution in [2.45, 2.75) is 58.7 Å². The van der Waals surface area contributed by atoms with Crippen LogP contribution in [0, 0.1) is 0 Å². The van der Waals surface area contributed by atoms with Crippen LogP contribution in [0.3, 0.4) is 0 Å². The average Bonchev–Trinajstić information content (AvgIpc) is 3.18. The molecule has 2 rings (SSSR count). The lowest BCUT2D eigenvalue weighted by atomic mass is 10.1. The maximum atomic E-state index is 5.36. The van der Waals surface area contributed by atoms with E-state index in [0.717, 1.165) is 18.1 Å². The Morgan fingerprint density at radius 2 is 2.22 bits per heavy atom. The summed E-state index contributed by atoms with van der Waals surface area (Å²) in [6, 6.07) is 0.716. The van der Waals surface area contributed by atoms with Gasteiger partial charge < -0.3 is 10.1 Å². The molecule has 0 amide bonds. The van der Waals surface area contributed by atoms with E-state index in [9.17, 15) is 0 Å². The SMILES string of the molecule is CCOCc1ncc(CNC2CC2)c(C(C)C)n1. The summed E-state index contributed by atoms with van der Waals surface area (Å²) in [5.41, 5.74) is 2.37. The molecule has 1 aromatic rings. The smallest absolute Gasteiger partial charge is 0.154 e. The molecule has 0 unspecified atom stereocenters. The summed E-state index contributed by atoms with van der Waals surface area (Å²) < 4.78 is 5.36. The Hall–Kier alpha value is -1.00. The van der Waals surface area contributed by atoms with Crippen LogP contribution >= 0.6 is 0 Å². The third-order valence-corrected chi connectivity index (χ3v) is 3.09. The van der Waals surface area contributed by atoms with E-state index in [2.05, 4.69) is 29.1 Å². The number of nitrogens with one attached hydrogen (secondary N) is 1. The number of nitrogens with zero attached hydrogens (tertiary/aromatic N) is 2. The summed E-state index contributed by atoms with van der Waals surface area (Å²) in [7, 11) is 0. The fourth-order valence-electron chi connectivity index (χ4n) is 1.90. The molecule has 0 saturated heterocycles. The van der Waals surface area contributed by atoms with Gasteiger partial charge in [0.05, 0.1) is 5.69 Å². The van der Waals surface area contributed by atoms with E-state index in [4.69, 9.17) is 4.74 Å². The molecule has 0 aromatic carbocycles. The number of rotatable bonds is 7. The first kappa shape index (κ1) is 13.4. The van der Waals surface area contributed by atoms with Gasteiger partial charge in [0.2, 0.25) is 0 Å². The second-order valence-corrected chi connectivity index (χ2v) is 5.14. The van der Waals surface area contributed by atoms with Crippen LogP contribution < -0.4 is 5.32 Å². The van der Waals surface area contributed by atoms with Crippen LogP contribution in [0.2, 0.25) is 0 Å². The molecule has 1 heterocycles. The van der Waals surface area contributed by atoms with Gasteiger partial charge in [0, 0.05) is 31.0 Å². The lowest BCUT2D eigenvalue weighted by molar-refractivity contribution is 0.128. The molecule has 4 nitrogen and oxygen atoms in total. The van der Waals surface area contributed by atoms with E-state index >= 15 is 0 Å². The normalized spacial score (nSPS) is 15.3. The van der Waals surface area contributed by atoms with E-state index in [1.54, 1.807) is 0 Å². The molecule has 1 fully saturated rings. The molecule has 1 aliphatic carbocycles. The largest absolute Gasteiger partial charge is 0.374 e. The topological polar surface area (TPSA) is 47.0 Å². The fraction of sp³-hybridized carbons (Fsp3) is 0.714. The minimum Gasteiger partial charge on any atom is -0.374 e. The number of hydrogen-bond donors (Lipinski definition) is 1. The molecule has 1 saturated carbocycles. The van der Waals surface area contributed by atoms with Crippen LogP contribution in [0.1, 0.15) is 56.6 Å². The van der Waals surface area contributed by atoms with Gasteiger partial charge in [-0.05, 0) is 25.7 Å². The Labute approximate surface area is 109 Å². The average molecular weight is 249 g/mol. The molecule has 0 bridgehead atoms. The predicted octanol–water partition coefficient (Wildman–Crippen LogP) is 2.39. The summed E-state index contributed by atoms with van der Waals surface area (Å²) in [5.74, 6) is 1.21. The van der Waals surface area contributed by atoms with Crippen molar-refractivity contribution in [3.63, 3.8) is 0 Å². The molecule has 18 heavy (non-hydrogen) atoms. The molecule has 4 heteroatoms. The predicted molar refractivity (Wildman–Crippen MR) is 71.3 cm³/mol. The van der Waals surface area contributed by atoms with Crippen LogP contribution in [0.25, 0.3) is 0 Å². The molecule has 0 radical (unpaired) electrons. The Morgan fingerprint density at radius 1 is 1.44 bits per heavy atom. The third kappa shape index (κ3) is 3.75. The van der Waals surface area contributed by atoms with E-state index in [1.807, 2.05) is 13.1 Å². The van der Waals surface area contributed by atoms with Crippen molar-refractivity contribution in [3.8, 4) is 0 Å². The van der Waals surface area contributed by atoms with Gasteiger partial charge in [-0.1, -0.05) is 13.8 Å². The standard InChI is InChI=1S/C14H23N3O/c1-4-18-9-13-16-8-11(7-15-12-5-6-12)14(17-13)10(2)3/h8,10,12,15H,4-7,9H2,1-3H3. The van der Waals surface area contributed by atoms with Crippen molar-refractivity contribution < 1.29 is 4.74 Å². The highest BCUT2D eigenvalue weighted by atomic mass is 16.5. The van der Waals surface area contributed by atoms with Crippen LogP contribution in [-0.4, -0.2) is 22.6 Å². The molecule has 0 aliphatic heterocycles. The quantitative estimate of drug-likeness (QED) is 0.806. The highest BCUT2D eigenvalue weighted by Gasteiger charge is 2.21. The first-order valence-corrected chi connectivity index (χ1v) is 6.86. The van der Waals surface area contributed by atoms with Crippen molar-refractivity contribution >= 4 is 0 Å². The second kappa shape index (κ2) is 6.25. The van der Waals surface area contributed by atoms with Crippen molar-refractivity contribution in [2.24, 2.45) is 0 Å². The van der Waals surface area contributed by atoms with E-state index in [-0.39, 0.29) is 0 Å². The molecule has 100 valence electrons. The van der Waals surface area contributed by atoms with Gasteiger partial charge in [-0.3, -0.25) is 0 Å².